The van der Waals surface area contributed by atoms with Crippen LogP contribution in [0.3, 0.4) is 0 Å². The molecule has 2 aliphatic rings. The second kappa shape index (κ2) is 7.07. The third-order valence-corrected chi connectivity index (χ3v) is 3.94. The number of rotatable bonds is 5. The first kappa shape index (κ1) is 13.8. The number of likely N-dealkylation sites (tertiary alicyclic amines) is 1. The van der Waals surface area contributed by atoms with Crippen LogP contribution >= 0.6 is 0 Å². The molecule has 2 N–H and O–H groups in total. The highest BCUT2D eigenvalue weighted by Gasteiger charge is 2.28. The Balaban J connectivity index is 1.66. The Bertz CT molecular complexity index is 266. The molecule has 104 valence electrons. The van der Waals surface area contributed by atoms with E-state index >= 15 is 0 Å². The van der Waals surface area contributed by atoms with Gasteiger partial charge in [-0.25, -0.2) is 0 Å². The van der Waals surface area contributed by atoms with Crippen molar-refractivity contribution in [3.63, 3.8) is 0 Å². The van der Waals surface area contributed by atoms with Crippen molar-refractivity contribution in [2.75, 3.05) is 52.4 Å². The molecule has 18 heavy (non-hydrogen) atoms. The van der Waals surface area contributed by atoms with Gasteiger partial charge in [0.05, 0.1) is 0 Å². The van der Waals surface area contributed by atoms with Crippen LogP contribution in [-0.2, 0) is 4.79 Å². The van der Waals surface area contributed by atoms with E-state index in [1.165, 1.54) is 19.5 Å². The van der Waals surface area contributed by atoms with Gasteiger partial charge in [0.15, 0.2) is 0 Å². The number of hydrogen-bond donors (Lipinski definition) is 2. The molecule has 0 aliphatic carbocycles. The maximum atomic E-state index is 11.4. The summed E-state index contributed by atoms with van der Waals surface area (Å²) in [5, 5.41) is 6.26. The molecule has 5 heteroatoms. The van der Waals surface area contributed by atoms with E-state index in [9.17, 15) is 4.79 Å². The molecule has 0 aromatic carbocycles. The number of carbonyl (C=O) groups excluding carboxylic acids is 1. The van der Waals surface area contributed by atoms with Crippen molar-refractivity contribution in [1.82, 2.24) is 20.4 Å². The SMILES string of the molecule is CCNC(=O)CCN1CCC(N2CCNCC2)C1. The third-order valence-electron chi connectivity index (χ3n) is 3.94. The van der Waals surface area contributed by atoms with E-state index in [4.69, 9.17) is 0 Å². The Morgan fingerprint density at radius 3 is 2.83 bits per heavy atom. The highest BCUT2D eigenvalue weighted by atomic mass is 16.1. The van der Waals surface area contributed by atoms with Crippen LogP contribution in [-0.4, -0.2) is 74.1 Å². The second-order valence-electron chi connectivity index (χ2n) is 5.23. The smallest absolute Gasteiger partial charge is 0.221 e. The van der Waals surface area contributed by atoms with Gasteiger partial charge >= 0.3 is 0 Å². The average molecular weight is 254 g/mol. The Kier molecular flexibility index (Phi) is 5.41. The van der Waals surface area contributed by atoms with E-state index in [0.717, 1.165) is 39.3 Å². The van der Waals surface area contributed by atoms with Crippen LogP contribution in [0.4, 0.5) is 0 Å². The molecule has 5 nitrogen and oxygen atoms in total. The Hall–Kier alpha value is -0.650. The standard InChI is InChI=1S/C13H26N4O/c1-2-15-13(18)4-8-16-7-3-12(11-16)17-9-5-14-6-10-17/h12,14H,2-11H2,1H3,(H,15,18). The van der Waals surface area contributed by atoms with Crippen LogP contribution in [0.25, 0.3) is 0 Å². The van der Waals surface area contributed by atoms with Gasteiger partial charge in [-0.2, -0.15) is 0 Å². The van der Waals surface area contributed by atoms with E-state index in [2.05, 4.69) is 20.4 Å². The lowest BCUT2D eigenvalue weighted by Gasteiger charge is -2.32. The van der Waals surface area contributed by atoms with Crippen molar-refractivity contribution in [2.24, 2.45) is 0 Å². The van der Waals surface area contributed by atoms with E-state index in [0.29, 0.717) is 12.5 Å². The summed E-state index contributed by atoms with van der Waals surface area (Å²) in [4.78, 5) is 16.5. The van der Waals surface area contributed by atoms with E-state index in [-0.39, 0.29) is 5.91 Å². The molecule has 1 unspecified atom stereocenters. The fourth-order valence-corrected chi connectivity index (χ4v) is 2.91. The summed E-state index contributed by atoms with van der Waals surface area (Å²) in [5.74, 6) is 0.183. The third kappa shape index (κ3) is 3.93. The molecule has 1 amide bonds. The minimum absolute atomic E-state index is 0.183. The summed E-state index contributed by atoms with van der Waals surface area (Å²) >= 11 is 0. The van der Waals surface area contributed by atoms with Gasteiger partial charge in [0.2, 0.25) is 5.91 Å². The number of hydrogen-bond acceptors (Lipinski definition) is 4. The summed E-state index contributed by atoms with van der Waals surface area (Å²) in [6.45, 7) is 10.5. The molecule has 0 radical (unpaired) electrons. The molecule has 0 spiro atoms. The van der Waals surface area contributed by atoms with Crippen molar-refractivity contribution < 1.29 is 4.79 Å². The van der Waals surface area contributed by atoms with Crippen LogP contribution < -0.4 is 10.6 Å². The molecule has 1 atom stereocenters. The number of amides is 1. The maximum Gasteiger partial charge on any atom is 0.221 e. The van der Waals surface area contributed by atoms with Crippen molar-refractivity contribution in [2.45, 2.75) is 25.8 Å². The molecule has 0 saturated carbocycles. The first-order valence-corrected chi connectivity index (χ1v) is 7.23. The summed E-state index contributed by atoms with van der Waals surface area (Å²) < 4.78 is 0. The minimum Gasteiger partial charge on any atom is -0.356 e. The van der Waals surface area contributed by atoms with Crippen molar-refractivity contribution in [3.8, 4) is 0 Å². The lowest BCUT2D eigenvalue weighted by Crippen LogP contribution is -2.49. The summed E-state index contributed by atoms with van der Waals surface area (Å²) in [6, 6.07) is 0.710. The van der Waals surface area contributed by atoms with Gasteiger partial charge in [-0.1, -0.05) is 0 Å². The van der Waals surface area contributed by atoms with Crippen LogP contribution in [0.2, 0.25) is 0 Å². The first-order chi connectivity index (χ1) is 8.79. The van der Waals surface area contributed by atoms with Crippen molar-refractivity contribution in [3.05, 3.63) is 0 Å². The molecule has 2 aliphatic heterocycles. The normalized spacial score (nSPS) is 26.4. The lowest BCUT2D eigenvalue weighted by molar-refractivity contribution is -0.121. The van der Waals surface area contributed by atoms with Gasteiger partial charge < -0.3 is 15.5 Å². The zero-order valence-electron chi connectivity index (χ0n) is 11.5. The van der Waals surface area contributed by atoms with Crippen LogP contribution in [0.15, 0.2) is 0 Å². The summed E-state index contributed by atoms with van der Waals surface area (Å²) in [6.07, 6.45) is 1.90. The summed E-state index contributed by atoms with van der Waals surface area (Å²) in [5.41, 5.74) is 0. The quantitative estimate of drug-likeness (QED) is 0.694. The molecule has 0 aromatic rings. The van der Waals surface area contributed by atoms with Crippen LogP contribution in [0.1, 0.15) is 19.8 Å². The molecule has 0 bridgehead atoms. The minimum atomic E-state index is 0.183. The molecule has 2 saturated heterocycles. The second-order valence-corrected chi connectivity index (χ2v) is 5.23. The Morgan fingerprint density at radius 1 is 1.33 bits per heavy atom. The molecule has 0 aromatic heterocycles. The predicted octanol–water partition coefficient (Wildman–Crippen LogP) is -0.508. The van der Waals surface area contributed by atoms with Gasteiger partial charge in [0.1, 0.15) is 0 Å². The predicted molar refractivity (Wildman–Crippen MR) is 72.6 cm³/mol. The Labute approximate surface area is 110 Å². The summed E-state index contributed by atoms with van der Waals surface area (Å²) in [7, 11) is 0. The van der Waals surface area contributed by atoms with Crippen LogP contribution in [0, 0.1) is 0 Å². The lowest BCUT2D eigenvalue weighted by atomic mass is 10.2. The molecular weight excluding hydrogens is 228 g/mol. The van der Waals surface area contributed by atoms with Gasteiger partial charge in [-0.05, 0) is 19.9 Å². The molecule has 2 rings (SSSR count). The van der Waals surface area contributed by atoms with Gasteiger partial charge in [0.25, 0.3) is 0 Å². The van der Waals surface area contributed by atoms with E-state index in [1.54, 1.807) is 0 Å². The van der Waals surface area contributed by atoms with Crippen molar-refractivity contribution >= 4 is 5.91 Å². The van der Waals surface area contributed by atoms with Gasteiger partial charge in [-0.15, -0.1) is 0 Å². The van der Waals surface area contributed by atoms with Crippen LogP contribution in [0.5, 0.6) is 0 Å². The van der Waals surface area contributed by atoms with Crippen molar-refractivity contribution in [1.29, 1.82) is 0 Å². The van der Waals surface area contributed by atoms with Gasteiger partial charge in [0, 0.05) is 58.3 Å². The highest BCUT2D eigenvalue weighted by Crippen LogP contribution is 2.16. The number of nitrogens with one attached hydrogen (secondary N) is 2. The number of carbonyl (C=O) groups is 1. The Morgan fingerprint density at radius 2 is 2.11 bits per heavy atom. The van der Waals surface area contributed by atoms with Gasteiger partial charge in [-0.3, -0.25) is 9.69 Å². The fraction of sp³-hybridized carbons (Fsp3) is 0.923. The zero-order chi connectivity index (χ0) is 12.8. The van der Waals surface area contributed by atoms with E-state index < -0.39 is 0 Å². The zero-order valence-corrected chi connectivity index (χ0v) is 11.5. The fourth-order valence-electron chi connectivity index (χ4n) is 2.91. The monoisotopic (exact) mass is 254 g/mol. The molecular formula is C13H26N4O. The highest BCUT2D eigenvalue weighted by molar-refractivity contribution is 5.75. The number of piperazine rings is 1. The molecule has 2 fully saturated rings. The number of nitrogens with zero attached hydrogens (tertiary/aromatic N) is 2. The maximum absolute atomic E-state index is 11.4. The molecule has 2 heterocycles. The first-order valence-electron chi connectivity index (χ1n) is 7.23. The average Bonchev–Trinajstić information content (AvgIpc) is 2.87. The van der Waals surface area contributed by atoms with E-state index in [1.807, 2.05) is 6.92 Å². The topological polar surface area (TPSA) is 47.6 Å². The largest absolute Gasteiger partial charge is 0.356 e.